The molecule has 6 rings (SSSR count). The van der Waals surface area contributed by atoms with Gasteiger partial charge in [0.1, 0.15) is 5.54 Å². The van der Waals surface area contributed by atoms with Crippen molar-refractivity contribution in [2.45, 2.75) is 49.6 Å². The second kappa shape index (κ2) is 3.34. The van der Waals surface area contributed by atoms with Crippen molar-refractivity contribution < 1.29 is 0 Å². The first-order chi connectivity index (χ1) is 10.4. The van der Waals surface area contributed by atoms with Crippen molar-refractivity contribution in [3.8, 4) is 0 Å². The minimum atomic E-state index is 0.189. The molecule has 4 fully saturated rings. The van der Waals surface area contributed by atoms with Gasteiger partial charge in [-0.15, -0.1) is 0 Å². The Morgan fingerprint density at radius 1 is 0.857 bits per heavy atom. The molecule has 1 aromatic carbocycles. The van der Waals surface area contributed by atoms with E-state index >= 15 is 0 Å². The normalized spacial score (nSPS) is 51.7. The van der Waals surface area contributed by atoms with Crippen LogP contribution in [0.5, 0.6) is 0 Å². The maximum atomic E-state index is 5.06. The van der Waals surface area contributed by atoms with Crippen LogP contribution in [0, 0.1) is 23.7 Å². The Bertz CT molecular complexity index is 615. The molecule has 0 aromatic heterocycles. The van der Waals surface area contributed by atoms with Gasteiger partial charge in [-0.2, -0.15) is 5.11 Å². The molecule has 3 heteroatoms. The lowest BCUT2D eigenvalue weighted by Gasteiger charge is -2.52. The Hall–Kier alpha value is -1.38. The van der Waals surface area contributed by atoms with Gasteiger partial charge in [-0.3, -0.25) is 0 Å². The molecule has 108 valence electrons. The molecule has 2 unspecified atom stereocenters. The van der Waals surface area contributed by atoms with Crippen molar-refractivity contribution in [2.24, 2.45) is 34.0 Å². The molecule has 0 spiro atoms. The average Bonchev–Trinajstić information content (AvgIpc) is 3.28. The van der Waals surface area contributed by atoms with Gasteiger partial charge >= 0.3 is 0 Å². The number of nitrogens with zero attached hydrogens (tertiary/aromatic N) is 3. The molecule has 1 aromatic rings. The topological polar surface area (TPSA) is 28.0 Å². The van der Waals surface area contributed by atoms with Crippen molar-refractivity contribution in [1.82, 2.24) is 0 Å². The molecule has 4 aliphatic carbocycles. The zero-order valence-electron chi connectivity index (χ0n) is 12.3. The van der Waals surface area contributed by atoms with E-state index in [4.69, 9.17) is 10.3 Å². The van der Waals surface area contributed by atoms with Crippen LogP contribution in [0.1, 0.15) is 38.5 Å². The Kier molecular flexibility index (Phi) is 1.78. The van der Waals surface area contributed by atoms with E-state index in [2.05, 4.69) is 35.3 Å². The van der Waals surface area contributed by atoms with Gasteiger partial charge < -0.3 is 0 Å². The fourth-order valence-electron chi connectivity index (χ4n) is 7.32. The minimum Gasteiger partial charge on any atom is -0.238 e. The van der Waals surface area contributed by atoms with Crippen molar-refractivity contribution >= 4 is 5.69 Å². The van der Waals surface area contributed by atoms with Crippen LogP contribution in [0.4, 0.5) is 5.69 Å². The Morgan fingerprint density at radius 2 is 1.48 bits per heavy atom. The highest BCUT2D eigenvalue weighted by molar-refractivity contribution is 5.55. The van der Waals surface area contributed by atoms with E-state index in [-0.39, 0.29) is 11.1 Å². The summed E-state index contributed by atoms with van der Waals surface area (Å²) in [5, 5.41) is 12.2. The zero-order valence-corrected chi connectivity index (χ0v) is 12.3. The fraction of sp³-hybridized carbons (Fsp3) is 0.667. The van der Waals surface area contributed by atoms with Crippen LogP contribution in [-0.2, 0) is 0 Å². The molecule has 0 saturated heterocycles. The van der Waals surface area contributed by atoms with Crippen LogP contribution in [0.25, 0.3) is 0 Å². The quantitative estimate of drug-likeness (QED) is 0.756. The number of hydrogen-bond donors (Lipinski definition) is 0. The van der Waals surface area contributed by atoms with Gasteiger partial charge in [0.05, 0.1) is 11.2 Å². The fourth-order valence-corrected chi connectivity index (χ4v) is 7.32. The second-order valence-corrected chi connectivity index (χ2v) is 7.90. The highest BCUT2D eigenvalue weighted by atomic mass is 15.7. The third kappa shape index (κ3) is 0.949. The Morgan fingerprint density at radius 3 is 2.14 bits per heavy atom. The van der Waals surface area contributed by atoms with Crippen LogP contribution in [0.3, 0.4) is 0 Å². The van der Waals surface area contributed by atoms with Gasteiger partial charge in [0, 0.05) is 0 Å². The summed E-state index contributed by atoms with van der Waals surface area (Å²) in [6.45, 7) is 0. The second-order valence-electron chi connectivity index (χ2n) is 7.90. The van der Waals surface area contributed by atoms with Gasteiger partial charge in [0.25, 0.3) is 0 Å². The van der Waals surface area contributed by atoms with Crippen molar-refractivity contribution in [1.29, 1.82) is 0 Å². The monoisotopic (exact) mass is 279 g/mol. The predicted octanol–water partition coefficient (Wildman–Crippen LogP) is 4.21. The number of benzene rings is 1. The number of hydrogen-bond acceptors (Lipinski definition) is 3. The summed E-state index contributed by atoms with van der Waals surface area (Å²) >= 11 is 0. The number of para-hydroxylation sites is 1. The molecular weight excluding hydrogens is 258 g/mol. The van der Waals surface area contributed by atoms with E-state index in [1.54, 1.807) is 0 Å². The van der Waals surface area contributed by atoms with Gasteiger partial charge in [0.15, 0.2) is 0 Å². The van der Waals surface area contributed by atoms with Crippen molar-refractivity contribution in [3.63, 3.8) is 0 Å². The van der Waals surface area contributed by atoms with E-state index in [9.17, 15) is 0 Å². The van der Waals surface area contributed by atoms with Crippen LogP contribution < -0.4 is 5.01 Å². The molecule has 6 atom stereocenters. The summed E-state index contributed by atoms with van der Waals surface area (Å²) in [5.74, 6) is 3.28. The Labute approximate surface area is 125 Å². The van der Waals surface area contributed by atoms with E-state index in [0.717, 1.165) is 23.7 Å². The van der Waals surface area contributed by atoms with E-state index in [1.165, 1.54) is 44.2 Å². The summed E-state index contributed by atoms with van der Waals surface area (Å²) in [6, 6.07) is 10.8. The first-order valence-electron chi connectivity index (χ1n) is 8.65. The van der Waals surface area contributed by atoms with Crippen LogP contribution >= 0.6 is 0 Å². The average molecular weight is 279 g/mol. The largest absolute Gasteiger partial charge is 0.238 e. The summed E-state index contributed by atoms with van der Waals surface area (Å²) in [7, 11) is 0. The van der Waals surface area contributed by atoms with Gasteiger partial charge in [-0.25, -0.2) is 5.01 Å². The maximum absolute atomic E-state index is 5.06. The molecule has 21 heavy (non-hydrogen) atoms. The molecular formula is C18H21N3. The zero-order chi connectivity index (χ0) is 13.7. The molecule has 0 N–H and O–H groups in total. The van der Waals surface area contributed by atoms with E-state index < -0.39 is 0 Å². The molecule has 4 saturated carbocycles. The lowest BCUT2D eigenvalue weighted by atomic mass is 9.60. The summed E-state index contributed by atoms with van der Waals surface area (Å²) in [4.78, 5) is 0. The van der Waals surface area contributed by atoms with Crippen molar-refractivity contribution in [2.75, 3.05) is 5.01 Å². The molecule has 1 heterocycles. The molecule has 3 nitrogen and oxygen atoms in total. The molecule has 5 aliphatic rings. The number of fused-ring (bicyclic) bond motifs is 4. The van der Waals surface area contributed by atoms with Crippen LogP contribution in [0.15, 0.2) is 40.7 Å². The SMILES string of the molecule is c1ccc(N2N=NC34[C@@H]5CC[C@H](C5)C23[C@H]2CC[C@H]4C2)cc1. The third-order valence-electron chi connectivity index (χ3n) is 7.65. The number of rotatable bonds is 1. The summed E-state index contributed by atoms with van der Waals surface area (Å²) in [6.07, 6.45) is 8.44. The standard InChI is InChI=1S/C18H21N3/c1-2-4-16(5-3-1)21-18-14-8-6-12(10-14)17(18,19-20-21)13-7-9-15(18)11-13/h1-5,12-15H,6-11H2/t12-,13+,14-,15+,17?,18?. The van der Waals surface area contributed by atoms with Crippen LogP contribution in [-0.4, -0.2) is 11.1 Å². The molecule has 0 radical (unpaired) electrons. The third-order valence-corrected chi connectivity index (χ3v) is 7.65. The minimum absolute atomic E-state index is 0.189. The van der Waals surface area contributed by atoms with Gasteiger partial charge in [-0.1, -0.05) is 23.4 Å². The number of anilines is 1. The Balaban J connectivity index is 1.60. The molecule has 0 amide bonds. The van der Waals surface area contributed by atoms with Gasteiger partial charge in [0.2, 0.25) is 0 Å². The van der Waals surface area contributed by atoms with Crippen molar-refractivity contribution in [3.05, 3.63) is 30.3 Å². The summed E-state index contributed by atoms with van der Waals surface area (Å²) in [5.41, 5.74) is 1.71. The smallest absolute Gasteiger partial charge is 0.115 e. The lowest BCUT2D eigenvalue weighted by molar-refractivity contribution is 0.0899. The molecule has 4 bridgehead atoms. The maximum Gasteiger partial charge on any atom is 0.115 e. The summed E-state index contributed by atoms with van der Waals surface area (Å²) < 4.78 is 0. The highest BCUT2D eigenvalue weighted by Crippen LogP contribution is 2.77. The lowest BCUT2D eigenvalue weighted by Crippen LogP contribution is -2.65. The first kappa shape index (κ1) is 11.2. The highest BCUT2D eigenvalue weighted by Gasteiger charge is 2.82. The molecule has 1 aliphatic heterocycles. The van der Waals surface area contributed by atoms with E-state index in [0.29, 0.717) is 0 Å². The van der Waals surface area contributed by atoms with Gasteiger partial charge in [-0.05, 0) is 74.3 Å². The van der Waals surface area contributed by atoms with Crippen LogP contribution in [0.2, 0.25) is 0 Å². The first-order valence-corrected chi connectivity index (χ1v) is 8.65. The van der Waals surface area contributed by atoms with E-state index in [1.807, 2.05) is 0 Å². The predicted molar refractivity (Wildman–Crippen MR) is 80.9 cm³/mol.